The van der Waals surface area contributed by atoms with Crippen LogP contribution in [0.3, 0.4) is 0 Å². The Bertz CT molecular complexity index is 985. The maximum atomic E-state index is 6.44. The summed E-state index contributed by atoms with van der Waals surface area (Å²) in [6.07, 6.45) is 7.77. The van der Waals surface area contributed by atoms with Crippen molar-refractivity contribution in [2.75, 3.05) is 11.9 Å². The molecule has 6 heteroatoms. The topological polar surface area (TPSA) is 62.5 Å². The first-order chi connectivity index (χ1) is 12.2. The zero-order valence-corrected chi connectivity index (χ0v) is 14.5. The number of nitrogens with one attached hydrogen (secondary N) is 1. The summed E-state index contributed by atoms with van der Waals surface area (Å²) in [5.41, 5.74) is 6.67. The Balaban J connectivity index is 1.75. The molecule has 0 atom stereocenters. The molecule has 2 aromatic heterocycles. The van der Waals surface area contributed by atoms with Gasteiger partial charge >= 0.3 is 0 Å². The summed E-state index contributed by atoms with van der Waals surface area (Å²) in [5, 5.41) is 4.10. The van der Waals surface area contributed by atoms with Gasteiger partial charge in [0, 0.05) is 41.3 Å². The second kappa shape index (κ2) is 5.49. The molecule has 4 heterocycles. The SMILES string of the molecule is CC1=C2N=C(c3cnccc3Cl)c3cnc(C4CC4)cc3NC2=NC1. The maximum Gasteiger partial charge on any atom is 0.152 e. The van der Waals surface area contributed by atoms with Crippen LogP contribution >= 0.6 is 11.6 Å². The van der Waals surface area contributed by atoms with Gasteiger partial charge in [-0.1, -0.05) is 11.6 Å². The monoisotopic (exact) mass is 349 g/mol. The summed E-state index contributed by atoms with van der Waals surface area (Å²) in [6.45, 7) is 2.73. The van der Waals surface area contributed by atoms with Gasteiger partial charge in [-0.05, 0) is 37.5 Å². The quantitative estimate of drug-likeness (QED) is 0.892. The summed E-state index contributed by atoms with van der Waals surface area (Å²) in [7, 11) is 0. The van der Waals surface area contributed by atoms with E-state index in [-0.39, 0.29) is 0 Å². The third kappa shape index (κ3) is 2.46. The van der Waals surface area contributed by atoms with E-state index in [2.05, 4.69) is 33.3 Å². The maximum absolute atomic E-state index is 6.44. The minimum atomic E-state index is 0.583. The predicted molar refractivity (Wildman–Crippen MR) is 99.7 cm³/mol. The average Bonchev–Trinajstić information content (AvgIpc) is 3.42. The first-order valence-corrected chi connectivity index (χ1v) is 8.79. The Morgan fingerprint density at radius 1 is 1.20 bits per heavy atom. The first kappa shape index (κ1) is 14.8. The number of pyridine rings is 2. The molecule has 2 aromatic rings. The van der Waals surface area contributed by atoms with Crippen molar-refractivity contribution in [3.63, 3.8) is 0 Å². The van der Waals surface area contributed by atoms with Crippen LogP contribution in [-0.2, 0) is 0 Å². The van der Waals surface area contributed by atoms with Crippen molar-refractivity contribution < 1.29 is 0 Å². The van der Waals surface area contributed by atoms with Gasteiger partial charge in [-0.2, -0.15) is 0 Å². The minimum absolute atomic E-state index is 0.583. The molecular weight excluding hydrogens is 334 g/mol. The van der Waals surface area contributed by atoms with Gasteiger partial charge < -0.3 is 5.32 Å². The van der Waals surface area contributed by atoms with Crippen molar-refractivity contribution in [3.05, 3.63) is 63.8 Å². The van der Waals surface area contributed by atoms with Crippen LogP contribution in [0.5, 0.6) is 0 Å². The summed E-state index contributed by atoms with van der Waals surface area (Å²) in [5.74, 6) is 1.40. The number of nitrogens with zero attached hydrogens (tertiary/aromatic N) is 4. The lowest BCUT2D eigenvalue weighted by molar-refractivity contribution is 1.02. The van der Waals surface area contributed by atoms with Crippen molar-refractivity contribution in [1.82, 2.24) is 9.97 Å². The second-order valence-corrected chi connectivity index (χ2v) is 7.07. The smallest absolute Gasteiger partial charge is 0.152 e. The molecule has 1 fully saturated rings. The third-order valence-corrected chi connectivity index (χ3v) is 5.11. The molecule has 0 bridgehead atoms. The van der Waals surface area contributed by atoms with Crippen molar-refractivity contribution in [1.29, 1.82) is 0 Å². The zero-order valence-electron chi connectivity index (χ0n) is 13.8. The van der Waals surface area contributed by atoms with Gasteiger partial charge in [-0.15, -0.1) is 0 Å². The lowest BCUT2D eigenvalue weighted by Crippen LogP contribution is -2.12. The number of fused-ring (bicyclic) bond motifs is 2. The van der Waals surface area contributed by atoms with E-state index >= 15 is 0 Å². The lowest BCUT2D eigenvalue weighted by atomic mass is 10.0. The fraction of sp³-hybridized carbons (Fsp3) is 0.263. The zero-order chi connectivity index (χ0) is 17.0. The molecule has 0 amide bonds. The molecule has 0 aromatic carbocycles. The highest BCUT2D eigenvalue weighted by molar-refractivity contribution is 6.36. The molecular formula is C19H16ClN5. The van der Waals surface area contributed by atoms with E-state index < -0.39 is 0 Å². The van der Waals surface area contributed by atoms with E-state index in [1.165, 1.54) is 12.8 Å². The fourth-order valence-electron chi connectivity index (χ4n) is 3.22. The van der Waals surface area contributed by atoms with Crippen molar-refractivity contribution >= 4 is 28.8 Å². The van der Waals surface area contributed by atoms with Crippen LogP contribution in [0.25, 0.3) is 0 Å². The molecule has 25 heavy (non-hydrogen) atoms. The highest BCUT2D eigenvalue weighted by Gasteiger charge is 2.29. The van der Waals surface area contributed by atoms with E-state index in [9.17, 15) is 0 Å². The number of anilines is 1. The van der Waals surface area contributed by atoms with Crippen LogP contribution < -0.4 is 5.32 Å². The predicted octanol–water partition coefficient (Wildman–Crippen LogP) is 3.96. The van der Waals surface area contributed by atoms with Crippen LogP contribution in [0.4, 0.5) is 5.69 Å². The molecule has 5 nitrogen and oxygen atoms in total. The number of hydrogen-bond donors (Lipinski definition) is 1. The average molecular weight is 350 g/mol. The molecule has 0 spiro atoms. The summed E-state index contributed by atoms with van der Waals surface area (Å²) in [4.78, 5) is 18.4. The van der Waals surface area contributed by atoms with Crippen molar-refractivity contribution in [3.8, 4) is 0 Å². The van der Waals surface area contributed by atoms with Gasteiger partial charge in [0.1, 0.15) is 5.70 Å². The first-order valence-electron chi connectivity index (χ1n) is 8.41. The normalized spacial score (nSPS) is 18.8. The van der Waals surface area contributed by atoms with Crippen molar-refractivity contribution in [2.45, 2.75) is 25.7 Å². The summed E-state index contributed by atoms with van der Waals surface area (Å²) in [6, 6.07) is 3.92. The van der Waals surface area contributed by atoms with E-state index in [1.54, 1.807) is 18.5 Å². The van der Waals surface area contributed by atoms with Gasteiger partial charge in [0.2, 0.25) is 0 Å². The molecule has 124 valence electrons. The van der Waals surface area contributed by atoms with Gasteiger partial charge in [-0.3, -0.25) is 15.0 Å². The molecule has 5 rings (SSSR count). The Morgan fingerprint density at radius 2 is 2.08 bits per heavy atom. The Morgan fingerprint density at radius 3 is 2.88 bits per heavy atom. The van der Waals surface area contributed by atoms with E-state index in [0.717, 1.165) is 45.3 Å². The van der Waals surface area contributed by atoms with Crippen LogP contribution in [0.2, 0.25) is 5.02 Å². The highest BCUT2D eigenvalue weighted by atomic mass is 35.5. The van der Waals surface area contributed by atoms with Crippen LogP contribution in [-0.4, -0.2) is 28.1 Å². The molecule has 0 unspecified atom stereocenters. The van der Waals surface area contributed by atoms with E-state index in [1.807, 2.05) is 6.20 Å². The molecule has 2 aliphatic heterocycles. The highest BCUT2D eigenvalue weighted by Crippen LogP contribution is 2.41. The summed E-state index contributed by atoms with van der Waals surface area (Å²) >= 11 is 6.44. The molecule has 0 saturated heterocycles. The molecule has 0 radical (unpaired) electrons. The molecule has 1 aliphatic carbocycles. The number of halogens is 1. The van der Waals surface area contributed by atoms with Gasteiger partial charge in [0.15, 0.2) is 5.84 Å². The molecule has 1 N–H and O–H groups in total. The van der Waals surface area contributed by atoms with Crippen molar-refractivity contribution in [2.24, 2.45) is 9.98 Å². The van der Waals surface area contributed by atoms with Gasteiger partial charge in [0.25, 0.3) is 0 Å². The number of amidine groups is 1. The Labute approximate surface area is 150 Å². The van der Waals surface area contributed by atoms with Crippen LogP contribution in [0.15, 0.2) is 52.0 Å². The third-order valence-electron chi connectivity index (χ3n) is 4.78. The molecule has 1 saturated carbocycles. The van der Waals surface area contributed by atoms with Gasteiger partial charge in [0.05, 0.1) is 23.0 Å². The Hall–Kier alpha value is -2.53. The number of rotatable bonds is 2. The number of hydrogen-bond acceptors (Lipinski definition) is 5. The van der Waals surface area contributed by atoms with E-state index in [4.69, 9.17) is 16.6 Å². The van der Waals surface area contributed by atoms with Crippen LogP contribution in [0.1, 0.15) is 42.5 Å². The lowest BCUT2D eigenvalue weighted by Gasteiger charge is -2.12. The number of aromatic nitrogens is 2. The second-order valence-electron chi connectivity index (χ2n) is 6.66. The summed E-state index contributed by atoms with van der Waals surface area (Å²) < 4.78 is 0. The fourth-order valence-corrected chi connectivity index (χ4v) is 3.41. The Kier molecular flexibility index (Phi) is 3.25. The standard InChI is InChI=1S/C19H16ClN5/c1-10-7-23-19-17(10)25-18(12-8-21-5-4-14(12)20)13-9-22-15(11-2-3-11)6-16(13)24-19/h4-6,8-9,11H,2-3,7H2,1H3,(H,23,24). The molecule has 3 aliphatic rings. The number of aliphatic imine (C=N–C) groups is 2. The van der Waals surface area contributed by atoms with E-state index in [0.29, 0.717) is 17.5 Å². The van der Waals surface area contributed by atoms with Crippen LogP contribution in [0, 0.1) is 0 Å². The minimum Gasteiger partial charge on any atom is -0.338 e. The largest absolute Gasteiger partial charge is 0.338 e. The van der Waals surface area contributed by atoms with Gasteiger partial charge in [-0.25, -0.2) is 4.99 Å².